The van der Waals surface area contributed by atoms with Gasteiger partial charge in [0.2, 0.25) is 5.88 Å². The van der Waals surface area contributed by atoms with Gasteiger partial charge in [0.05, 0.1) is 22.0 Å². The molecular weight excluding hydrogens is 400 g/mol. The van der Waals surface area contributed by atoms with Gasteiger partial charge in [-0.15, -0.1) is 11.3 Å². The number of carbonyl (C=O) groups excluding carboxylic acids is 1. The van der Waals surface area contributed by atoms with Crippen LogP contribution in [0, 0.1) is 13.8 Å². The molecule has 0 unspecified atom stereocenters. The second kappa shape index (κ2) is 8.24. The molecule has 2 heterocycles. The molecule has 0 bridgehead atoms. The standard InChI is InChI=1S/C18H17ClN6O2S/c1-4-12-15(20)21-8-22-16(12)27-11-5-6-14(13(19)7-11)24-17(26)25-18-23-9(2)10(3)28-18/h4-8H,1H2,2-3H3,(H2,20,21,22)(H2,23,24,25,26). The number of benzene rings is 1. The van der Waals surface area contributed by atoms with Crippen molar-refractivity contribution in [3.63, 3.8) is 0 Å². The Labute approximate surface area is 170 Å². The molecule has 0 saturated carbocycles. The number of nitrogens with two attached hydrogens (primary N) is 1. The number of aryl methyl sites for hydroxylation is 2. The molecule has 3 rings (SSSR count). The van der Waals surface area contributed by atoms with E-state index in [2.05, 4.69) is 32.2 Å². The Bertz CT molecular complexity index is 1030. The zero-order chi connectivity index (χ0) is 20.3. The molecule has 0 atom stereocenters. The monoisotopic (exact) mass is 416 g/mol. The SMILES string of the molecule is C=Cc1c(N)ncnc1Oc1ccc(NC(=O)Nc2nc(C)c(C)s2)c(Cl)c1. The minimum absolute atomic E-state index is 0.256. The van der Waals surface area contributed by atoms with E-state index in [-0.39, 0.29) is 11.7 Å². The molecule has 0 spiro atoms. The number of hydrogen-bond acceptors (Lipinski definition) is 7. The summed E-state index contributed by atoms with van der Waals surface area (Å²) >= 11 is 7.66. The van der Waals surface area contributed by atoms with Crippen LogP contribution >= 0.6 is 22.9 Å². The number of hydrogen-bond donors (Lipinski definition) is 3. The molecule has 2 amide bonds. The first-order valence-corrected chi connectivity index (χ1v) is 9.29. The van der Waals surface area contributed by atoms with Gasteiger partial charge in [-0.3, -0.25) is 5.32 Å². The van der Waals surface area contributed by atoms with E-state index < -0.39 is 6.03 Å². The Balaban J connectivity index is 1.71. The van der Waals surface area contributed by atoms with Crippen molar-refractivity contribution in [1.29, 1.82) is 0 Å². The van der Waals surface area contributed by atoms with Crippen LogP contribution in [0.4, 0.5) is 21.4 Å². The number of aromatic nitrogens is 3. The molecule has 144 valence electrons. The Morgan fingerprint density at radius 3 is 2.75 bits per heavy atom. The maximum Gasteiger partial charge on any atom is 0.325 e. The minimum atomic E-state index is -0.443. The van der Waals surface area contributed by atoms with E-state index in [4.69, 9.17) is 22.1 Å². The average molecular weight is 417 g/mol. The van der Waals surface area contributed by atoms with Crippen LogP contribution < -0.4 is 21.1 Å². The zero-order valence-corrected chi connectivity index (χ0v) is 16.7. The van der Waals surface area contributed by atoms with E-state index in [1.807, 2.05) is 13.8 Å². The van der Waals surface area contributed by atoms with E-state index in [9.17, 15) is 4.79 Å². The van der Waals surface area contributed by atoms with Crippen molar-refractivity contribution in [3.8, 4) is 11.6 Å². The van der Waals surface area contributed by atoms with Crippen molar-refractivity contribution in [2.24, 2.45) is 0 Å². The highest BCUT2D eigenvalue weighted by atomic mass is 35.5. The highest BCUT2D eigenvalue weighted by Gasteiger charge is 2.12. The Hall–Kier alpha value is -3.17. The number of thiazole rings is 1. The van der Waals surface area contributed by atoms with E-state index >= 15 is 0 Å². The first kappa shape index (κ1) is 19.6. The van der Waals surface area contributed by atoms with Crippen LogP contribution in [0.1, 0.15) is 16.1 Å². The van der Waals surface area contributed by atoms with E-state index in [1.165, 1.54) is 23.7 Å². The molecule has 0 aliphatic heterocycles. The molecule has 1 aromatic carbocycles. The summed E-state index contributed by atoms with van der Waals surface area (Å²) in [5.41, 5.74) is 7.56. The number of nitrogen functional groups attached to an aromatic ring is 1. The number of halogens is 1. The highest BCUT2D eigenvalue weighted by molar-refractivity contribution is 7.15. The summed E-state index contributed by atoms with van der Waals surface area (Å²) < 4.78 is 5.71. The lowest BCUT2D eigenvalue weighted by atomic mass is 10.3. The summed E-state index contributed by atoms with van der Waals surface area (Å²) in [7, 11) is 0. The molecule has 8 nitrogen and oxygen atoms in total. The van der Waals surface area contributed by atoms with Gasteiger partial charge in [-0.25, -0.2) is 19.7 Å². The van der Waals surface area contributed by atoms with Gasteiger partial charge in [0.25, 0.3) is 0 Å². The second-order valence-electron chi connectivity index (χ2n) is 5.67. The van der Waals surface area contributed by atoms with Crippen LogP contribution in [0.3, 0.4) is 0 Å². The fourth-order valence-electron chi connectivity index (χ4n) is 2.21. The largest absolute Gasteiger partial charge is 0.438 e. The van der Waals surface area contributed by atoms with E-state index in [1.54, 1.807) is 18.2 Å². The number of urea groups is 1. The summed E-state index contributed by atoms with van der Waals surface area (Å²) in [6, 6.07) is 4.37. The summed E-state index contributed by atoms with van der Waals surface area (Å²) in [6.45, 7) is 7.50. The normalized spacial score (nSPS) is 10.4. The zero-order valence-electron chi connectivity index (χ0n) is 15.1. The van der Waals surface area contributed by atoms with Crippen molar-refractivity contribution in [2.75, 3.05) is 16.4 Å². The number of nitrogens with one attached hydrogen (secondary N) is 2. The van der Waals surface area contributed by atoms with Crippen molar-refractivity contribution >= 4 is 51.7 Å². The fraction of sp³-hybridized carbons (Fsp3) is 0.111. The molecule has 2 aromatic heterocycles. The van der Waals surface area contributed by atoms with Crippen molar-refractivity contribution in [1.82, 2.24) is 15.0 Å². The molecule has 0 radical (unpaired) electrons. The summed E-state index contributed by atoms with van der Waals surface area (Å²) in [5, 5.41) is 6.17. The van der Waals surface area contributed by atoms with Gasteiger partial charge in [-0.1, -0.05) is 24.3 Å². The van der Waals surface area contributed by atoms with Gasteiger partial charge >= 0.3 is 6.03 Å². The van der Waals surface area contributed by atoms with E-state index in [0.717, 1.165) is 10.6 Å². The molecule has 28 heavy (non-hydrogen) atoms. The number of amides is 2. The summed E-state index contributed by atoms with van der Waals surface area (Å²) in [5.74, 6) is 0.934. The van der Waals surface area contributed by atoms with Crippen LogP contribution in [0.25, 0.3) is 6.08 Å². The Morgan fingerprint density at radius 2 is 2.11 bits per heavy atom. The van der Waals surface area contributed by atoms with Gasteiger partial charge in [0, 0.05) is 10.9 Å². The predicted octanol–water partition coefficient (Wildman–Crippen LogP) is 4.86. The molecule has 0 fully saturated rings. The number of nitrogens with zero attached hydrogens (tertiary/aromatic N) is 3. The van der Waals surface area contributed by atoms with Crippen LogP contribution in [-0.2, 0) is 0 Å². The minimum Gasteiger partial charge on any atom is -0.438 e. The highest BCUT2D eigenvalue weighted by Crippen LogP contribution is 2.31. The summed E-state index contributed by atoms with van der Waals surface area (Å²) in [6.07, 6.45) is 2.80. The fourth-order valence-corrected chi connectivity index (χ4v) is 3.24. The third kappa shape index (κ3) is 4.38. The number of rotatable bonds is 5. The Kier molecular flexibility index (Phi) is 5.76. The van der Waals surface area contributed by atoms with Crippen molar-refractivity contribution < 1.29 is 9.53 Å². The Morgan fingerprint density at radius 1 is 1.32 bits per heavy atom. The van der Waals surface area contributed by atoms with Gasteiger partial charge in [0.1, 0.15) is 17.9 Å². The number of carbonyl (C=O) groups is 1. The van der Waals surface area contributed by atoms with Crippen LogP contribution in [0.5, 0.6) is 11.6 Å². The molecule has 3 aromatic rings. The van der Waals surface area contributed by atoms with Crippen molar-refractivity contribution in [3.05, 3.63) is 52.3 Å². The first-order valence-electron chi connectivity index (χ1n) is 8.09. The van der Waals surface area contributed by atoms with Crippen LogP contribution in [0.2, 0.25) is 5.02 Å². The third-order valence-electron chi connectivity index (χ3n) is 3.73. The average Bonchev–Trinajstić information content (AvgIpc) is 2.95. The molecule has 0 aliphatic rings. The first-order chi connectivity index (χ1) is 13.4. The molecule has 4 N–H and O–H groups in total. The maximum atomic E-state index is 12.2. The van der Waals surface area contributed by atoms with Gasteiger partial charge in [-0.05, 0) is 26.0 Å². The third-order valence-corrected chi connectivity index (χ3v) is 5.04. The van der Waals surface area contributed by atoms with Gasteiger partial charge in [0.15, 0.2) is 5.13 Å². The smallest absolute Gasteiger partial charge is 0.325 e. The van der Waals surface area contributed by atoms with Gasteiger partial charge < -0.3 is 15.8 Å². The lowest BCUT2D eigenvalue weighted by molar-refractivity contribution is 0.262. The van der Waals surface area contributed by atoms with Gasteiger partial charge in [-0.2, -0.15) is 0 Å². The van der Waals surface area contributed by atoms with E-state index in [0.29, 0.717) is 27.2 Å². The maximum absolute atomic E-state index is 12.2. The number of ether oxygens (including phenoxy) is 1. The van der Waals surface area contributed by atoms with Crippen LogP contribution in [0.15, 0.2) is 31.1 Å². The molecule has 0 saturated heterocycles. The second-order valence-corrected chi connectivity index (χ2v) is 7.28. The number of anilines is 3. The molecule has 0 aliphatic carbocycles. The molecular formula is C18H17ClN6O2S. The lowest BCUT2D eigenvalue weighted by Crippen LogP contribution is -2.19. The lowest BCUT2D eigenvalue weighted by Gasteiger charge is -2.11. The van der Waals surface area contributed by atoms with Crippen molar-refractivity contribution in [2.45, 2.75) is 13.8 Å². The predicted molar refractivity (Wildman–Crippen MR) is 112 cm³/mol. The molecule has 10 heteroatoms. The topological polar surface area (TPSA) is 115 Å². The van der Waals surface area contributed by atoms with Crippen LogP contribution in [-0.4, -0.2) is 21.0 Å². The summed E-state index contributed by atoms with van der Waals surface area (Å²) in [4.78, 5) is 25.4. The quantitative estimate of drug-likeness (QED) is 0.546.